The Kier molecular flexibility index (Phi) is 4.94. The van der Waals surface area contributed by atoms with Crippen molar-refractivity contribution < 1.29 is 17.9 Å². The van der Waals surface area contributed by atoms with Gasteiger partial charge in [0.05, 0.1) is 24.5 Å². The van der Waals surface area contributed by atoms with Crippen LogP contribution in [0.2, 0.25) is 0 Å². The lowest BCUT2D eigenvalue weighted by atomic mass is 9.99. The van der Waals surface area contributed by atoms with E-state index < -0.39 is 10.0 Å². The topological polar surface area (TPSA) is 72.5 Å². The van der Waals surface area contributed by atoms with Crippen LogP contribution in [0.25, 0.3) is 0 Å². The third-order valence-corrected chi connectivity index (χ3v) is 3.28. The third-order valence-electron chi connectivity index (χ3n) is 2.69. The van der Waals surface area contributed by atoms with E-state index in [1.165, 1.54) is 0 Å². The van der Waals surface area contributed by atoms with E-state index in [1.807, 2.05) is 0 Å². The summed E-state index contributed by atoms with van der Waals surface area (Å²) in [6.45, 7) is 5.65. The Morgan fingerprint density at radius 1 is 1.42 bits per heavy atom. The molecule has 0 aliphatic carbocycles. The van der Waals surface area contributed by atoms with Gasteiger partial charge in [0.15, 0.2) is 0 Å². The molecule has 0 amide bonds. The van der Waals surface area contributed by atoms with Crippen LogP contribution in [0.1, 0.15) is 30.9 Å². The summed E-state index contributed by atoms with van der Waals surface area (Å²) in [5, 5.41) is 0. The molecule has 0 aliphatic heterocycles. The molecule has 0 fully saturated rings. The molecular weight excluding hydrogens is 266 g/mol. The first kappa shape index (κ1) is 15.5. The summed E-state index contributed by atoms with van der Waals surface area (Å²) in [5.74, 6) is -0.656. The fourth-order valence-corrected chi connectivity index (χ4v) is 2.30. The first-order valence-corrected chi connectivity index (χ1v) is 7.88. The van der Waals surface area contributed by atoms with Crippen LogP contribution in [-0.4, -0.2) is 27.2 Å². The second-order valence-electron chi connectivity index (χ2n) is 4.42. The smallest absolute Gasteiger partial charge is 0.313 e. The van der Waals surface area contributed by atoms with Gasteiger partial charge < -0.3 is 4.74 Å². The third kappa shape index (κ3) is 4.55. The van der Waals surface area contributed by atoms with Crippen molar-refractivity contribution in [3.8, 4) is 0 Å². The molecule has 0 saturated heterocycles. The number of carbonyl (C=O) groups is 1. The van der Waals surface area contributed by atoms with Crippen LogP contribution in [0, 0.1) is 6.92 Å². The molecule has 106 valence electrons. The van der Waals surface area contributed by atoms with Gasteiger partial charge in [0.25, 0.3) is 0 Å². The second-order valence-corrected chi connectivity index (χ2v) is 6.17. The minimum Gasteiger partial charge on any atom is -0.466 e. The number of sulfonamides is 1. The molecule has 0 aliphatic rings. The van der Waals surface area contributed by atoms with Crippen LogP contribution < -0.4 is 4.72 Å². The van der Waals surface area contributed by atoms with Crippen molar-refractivity contribution in [3.63, 3.8) is 0 Å². The lowest BCUT2D eigenvalue weighted by molar-refractivity contribution is -0.144. The molecule has 0 spiro atoms. The monoisotopic (exact) mass is 285 g/mol. The molecule has 1 unspecified atom stereocenters. The number of ether oxygens (including phenoxy) is 1. The van der Waals surface area contributed by atoms with Crippen LogP contribution >= 0.6 is 0 Å². The molecule has 6 heteroatoms. The Hall–Kier alpha value is -1.56. The van der Waals surface area contributed by atoms with Crippen LogP contribution in [0.4, 0.5) is 5.69 Å². The highest BCUT2D eigenvalue weighted by atomic mass is 32.2. The minimum atomic E-state index is -3.30. The van der Waals surface area contributed by atoms with Crippen molar-refractivity contribution in [1.82, 2.24) is 0 Å². The molecule has 0 heterocycles. The number of benzene rings is 1. The largest absolute Gasteiger partial charge is 0.466 e. The van der Waals surface area contributed by atoms with Gasteiger partial charge in [-0.2, -0.15) is 0 Å². The van der Waals surface area contributed by atoms with Gasteiger partial charge in [-0.05, 0) is 38.0 Å². The molecule has 19 heavy (non-hydrogen) atoms. The normalized spacial score (nSPS) is 12.8. The van der Waals surface area contributed by atoms with E-state index in [0.717, 1.165) is 17.4 Å². The standard InChI is InChI=1S/C13H19NO4S/c1-5-18-13(15)10(3)11-6-7-12(9(2)8-11)14-19(4,16)17/h6-8,10,14H,5H2,1-4H3. The number of anilines is 1. The average Bonchev–Trinajstić information content (AvgIpc) is 2.29. The maximum Gasteiger partial charge on any atom is 0.313 e. The lowest BCUT2D eigenvalue weighted by Gasteiger charge is -2.14. The first-order valence-electron chi connectivity index (χ1n) is 5.99. The highest BCUT2D eigenvalue weighted by Crippen LogP contribution is 2.23. The highest BCUT2D eigenvalue weighted by molar-refractivity contribution is 7.92. The molecule has 1 rings (SSSR count). The summed E-state index contributed by atoms with van der Waals surface area (Å²) in [7, 11) is -3.30. The van der Waals surface area contributed by atoms with Gasteiger partial charge in [0.2, 0.25) is 10.0 Å². The quantitative estimate of drug-likeness (QED) is 0.840. The van der Waals surface area contributed by atoms with Crippen LogP contribution in [0.5, 0.6) is 0 Å². The van der Waals surface area contributed by atoms with E-state index in [-0.39, 0.29) is 11.9 Å². The van der Waals surface area contributed by atoms with Gasteiger partial charge in [0.1, 0.15) is 0 Å². The predicted molar refractivity (Wildman–Crippen MR) is 74.7 cm³/mol. The summed E-state index contributed by atoms with van der Waals surface area (Å²) >= 11 is 0. The van der Waals surface area contributed by atoms with Crippen molar-refractivity contribution >= 4 is 21.7 Å². The lowest BCUT2D eigenvalue weighted by Crippen LogP contribution is -2.14. The SMILES string of the molecule is CCOC(=O)C(C)c1ccc(NS(C)(=O)=O)c(C)c1. The van der Waals surface area contributed by atoms with Crippen molar-refractivity contribution in [2.75, 3.05) is 17.6 Å². The average molecular weight is 285 g/mol. The van der Waals surface area contributed by atoms with E-state index in [9.17, 15) is 13.2 Å². The molecule has 1 aromatic rings. The molecule has 5 nitrogen and oxygen atoms in total. The van der Waals surface area contributed by atoms with Gasteiger partial charge in [-0.3, -0.25) is 9.52 Å². The molecular formula is C13H19NO4S. The summed E-state index contributed by atoms with van der Waals surface area (Å²) in [5.41, 5.74) is 2.08. The number of carbonyl (C=O) groups excluding carboxylic acids is 1. The van der Waals surface area contributed by atoms with Gasteiger partial charge >= 0.3 is 5.97 Å². The summed E-state index contributed by atoms with van der Waals surface area (Å²) in [6, 6.07) is 5.17. The number of nitrogens with one attached hydrogen (secondary N) is 1. The zero-order valence-electron chi connectivity index (χ0n) is 11.6. The molecule has 0 radical (unpaired) electrons. The zero-order valence-corrected chi connectivity index (χ0v) is 12.4. The van der Waals surface area contributed by atoms with Crippen molar-refractivity contribution in [2.24, 2.45) is 0 Å². The van der Waals surface area contributed by atoms with Gasteiger partial charge in [0, 0.05) is 0 Å². The Morgan fingerprint density at radius 2 is 2.05 bits per heavy atom. The Labute approximate surface area is 114 Å². The van der Waals surface area contributed by atoms with Gasteiger partial charge in [-0.25, -0.2) is 8.42 Å². The van der Waals surface area contributed by atoms with Gasteiger partial charge in [-0.15, -0.1) is 0 Å². The molecule has 1 atom stereocenters. The minimum absolute atomic E-state index is 0.286. The second kappa shape index (κ2) is 6.06. The molecule has 0 saturated carbocycles. The number of rotatable bonds is 5. The Balaban J connectivity index is 2.96. The van der Waals surface area contributed by atoms with E-state index in [2.05, 4.69) is 4.72 Å². The van der Waals surface area contributed by atoms with Crippen LogP contribution in [0.15, 0.2) is 18.2 Å². The summed E-state index contributed by atoms with van der Waals surface area (Å²) < 4.78 is 29.7. The first-order chi connectivity index (χ1) is 8.74. The molecule has 1 aromatic carbocycles. The zero-order chi connectivity index (χ0) is 14.6. The molecule has 0 aromatic heterocycles. The molecule has 0 bridgehead atoms. The Bertz CT molecular complexity index is 566. The maximum absolute atomic E-state index is 11.6. The Morgan fingerprint density at radius 3 is 2.53 bits per heavy atom. The number of aryl methyl sites for hydroxylation is 1. The summed E-state index contributed by atoms with van der Waals surface area (Å²) in [6.07, 6.45) is 1.10. The highest BCUT2D eigenvalue weighted by Gasteiger charge is 2.17. The number of esters is 1. The fraction of sp³-hybridized carbons (Fsp3) is 0.462. The maximum atomic E-state index is 11.6. The fourth-order valence-electron chi connectivity index (χ4n) is 1.67. The van der Waals surface area contributed by atoms with Crippen LogP contribution in [-0.2, 0) is 19.6 Å². The summed E-state index contributed by atoms with van der Waals surface area (Å²) in [4.78, 5) is 11.6. The van der Waals surface area contributed by atoms with Crippen molar-refractivity contribution in [1.29, 1.82) is 0 Å². The van der Waals surface area contributed by atoms with Crippen molar-refractivity contribution in [3.05, 3.63) is 29.3 Å². The van der Waals surface area contributed by atoms with Crippen LogP contribution in [0.3, 0.4) is 0 Å². The van der Waals surface area contributed by atoms with E-state index in [0.29, 0.717) is 12.3 Å². The number of hydrogen-bond acceptors (Lipinski definition) is 4. The van der Waals surface area contributed by atoms with Crippen molar-refractivity contribution in [2.45, 2.75) is 26.7 Å². The van der Waals surface area contributed by atoms with E-state index in [1.54, 1.807) is 39.0 Å². The molecule has 1 N–H and O–H groups in total. The predicted octanol–water partition coefficient (Wildman–Crippen LogP) is 2.03. The van der Waals surface area contributed by atoms with Gasteiger partial charge in [-0.1, -0.05) is 12.1 Å². The number of hydrogen-bond donors (Lipinski definition) is 1. The van der Waals surface area contributed by atoms with E-state index in [4.69, 9.17) is 4.74 Å². The van der Waals surface area contributed by atoms with E-state index >= 15 is 0 Å².